The van der Waals surface area contributed by atoms with Gasteiger partial charge in [0, 0.05) is 5.56 Å². The lowest BCUT2D eigenvalue weighted by Crippen LogP contribution is -2.30. The molecule has 90 valence electrons. The van der Waals surface area contributed by atoms with Gasteiger partial charge >= 0.3 is 5.97 Å². The molecule has 17 heavy (non-hydrogen) atoms. The Bertz CT molecular complexity index is 403. The van der Waals surface area contributed by atoms with E-state index in [-0.39, 0.29) is 12.5 Å². The number of hydrogen-bond donors (Lipinski definition) is 0. The molecule has 1 aromatic carbocycles. The molecule has 0 aromatic heterocycles. The molecule has 0 bridgehead atoms. The van der Waals surface area contributed by atoms with Gasteiger partial charge in [0.15, 0.2) is 0 Å². The van der Waals surface area contributed by atoms with Crippen molar-refractivity contribution in [3.63, 3.8) is 0 Å². The van der Waals surface area contributed by atoms with Gasteiger partial charge in [-0.15, -0.1) is 0 Å². The Morgan fingerprint density at radius 2 is 2.06 bits per heavy atom. The first kappa shape index (κ1) is 13.3. The molecule has 0 saturated heterocycles. The number of carbonyl (C=O) groups is 1. The molecule has 0 unspecified atom stereocenters. The molecule has 0 radical (unpaired) electrons. The highest BCUT2D eigenvalue weighted by Crippen LogP contribution is 1.95. The zero-order chi connectivity index (χ0) is 12.5. The van der Waals surface area contributed by atoms with Crippen LogP contribution in [0.1, 0.15) is 12.5 Å². The van der Waals surface area contributed by atoms with Crippen molar-refractivity contribution in [1.82, 2.24) is 4.90 Å². The summed E-state index contributed by atoms with van der Waals surface area (Å²) in [5.74, 6) is 5.88. The third-order valence-corrected chi connectivity index (χ3v) is 2.34. The molecule has 0 saturated carbocycles. The van der Waals surface area contributed by atoms with Crippen LogP contribution < -0.4 is 0 Å². The molecule has 0 atom stereocenters. The summed E-state index contributed by atoms with van der Waals surface area (Å²) in [6.45, 7) is 3.63. The minimum atomic E-state index is -0.228. The summed E-state index contributed by atoms with van der Waals surface area (Å²) in [7, 11) is 1.39. The fraction of sp³-hybridized carbons (Fsp3) is 0.357. The fourth-order valence-electron chi connectivity index (χ4n) is 1.30. The van der Waals surface area contributed by atoms with Gasteiger partial charge in [-0.05, 0) is 18.7 Å². The van der Waals surface area contributed by atoms with Gasteiger partial charge < -0.3 is 4.74 Å². The molecule has 0 heterocycles. The van der Waals surface area contributed by atoms with E-state index in [0.29, 0.717) is 6.54 Å². The quantitative estimate of drug-likeness (QED) is 0.581. The summed E-state index contributed by atoms with van der Waals surface area (Å²) >= 11 is 0. The van der Waals surface area contributed by atoms with E-state index in [1.54, 1.807) is 0 Å². The lowest BCUT2D eigenvalue weighted by atomic mass is 10.2. The van der Waals surface area contributed by atoms with Crippen LogP contribution in [0.4, 0.5) is 0 Å². The lowest BCUT2D eigenvalue weighted by Gasteiger charge is -2.14. The van der Waals surface area contributed by atoms with Gasteiger partial charge in [0.2, 0.25) is 0 Å². The number of nitrogens with zero attached hydrogens (tertiary/aromatic N) is 1. The molecule has 0 spiro atoms. The largest absolute Gasteiger partial charge is 0.468 e. The van der Waals surface area contributed by atoms with Crippen molar-refractivity contribution in [3.8, 4) is 11.8 Å². The van der Waals surface area contributed by atoms with Crippen molar-refractivity contribution in [2.45, 2.75) is 6.92 Å². The van der Waals surface area contributed by atoms with Crippen molar-refractivity contribution in [2.75, 3.05) is 26.7 Å². The van der Waals surface area contributed by atoms with Crippen LogP contribution in [0.25, 0.3) is 0 Å². The number of ether oxygens (including phenoxy) is 1. The Balaban J connectivity index is 2.48. The zero-order valence-corrected chi connectivity index (χ0v) is 10.3. The molecular weight excluding hydrogens is 214 g/mol. The van der Waals surface area contributed by atoms with Gasteiger partial charge in [0.1, 0.15) is 0 Å². The average molecular weight is 231 g/mol. The lowest BCUT2D eigenvalue weighted by molar-refractivity contribution is -0.141. The number of rotatable bonds is 4. The van der Waals surface area contributed by atoms with E-state index in [9.17, 15) is 4.79 Å². The molecular formula is C14H17NO2. The third-order valence-electron chi connectivity index (χ3n) is 2.34. The molecule has 0 fully saturated rings. The fourth-order valence-corrected chi connectivity index (χ4v) is 1.30. The standard InChI is InChI=1S/C14H17NO2/c1-3-15(12-14(16)17-2)11-7-10-13-8-5-4-6-9-13/h4-6,8-9H,3,11-12H2,1-2H3. The van der Waals surface area contributed by atoms with Crippen LogP contribution in [0.2, 0.25) is 0 Å². The molecule has 0 amide bonds. The van der Waals surface area contributed by atoms with Gasteiger partial charge in [0.05, 0.1) is 20.2 Å². The summed E-state index contributed by atoms with van der Waals surface area (Å²) in [6.07, 6.45) is 0. The molecule has 0 aliphatic rings. The maximum absolute atomic E-state index is 11.1. The first-order valence-corrected chi connectivity index (χ1v) is 5.59. The van der Waals surface area contributed by atoms with Crippen LogP contribution in [-0.2, 0) is 9.53 Å². The number of esters is 1. The van der Waals surface area contributed by atoms with Crippen molar-refractivity contribution >= 4 is 5.97 Å². The van der Waals surface area contributed by atoms with Crippen molar-refractivity contribution in [2.24, 2.45) is 0 Å². The summed E-state index contributed by atoms with van der Waals surface area (Å²) in [6, 6.07) is 9.79. The highest BCUT2D eigenvalue weighted by molar-refractivity contribution is 5.71. The van der Waals surface area contributed by atoms with E-state index in [1.807, 2.05) is 42.2 Å². The topological polar surface area (TPSA) is 29.5 Å². The highest BCUT2D eigenvalue weighted by atomic mass is 16.5. The van der Waals surface area contributed by atoms with Crippen LogP contribution in [0.15, 0.2) is 30.3 Å². The maximum Gasteiger partial charge on any atom is 0.319 e. The van der Waals surface area contributed by atoms with Crippen LogP contribution >= 0.6 is 0 Å². The molecule has 3 nitrogen and oxygen atoms in total. The summed E-state index contributed by atoms with van der Waals surface area (Å²) in [5, 5.41) is 0. The van der Waals surface area contributed by atoms with Crippen molar-refractivity contribution < 1.29 is 9.53 Å². The van der Waals surface area contributed by atoms with Crippen LogP contribution in [0.5, 0.6) is 0 Å². The van der Waals surface area contributed by atoms with E-state index >= 15 is 0 Å². The SMILES string of the molecule is CCN(CC#Cc1ccccc1)CC(=O)OC. The molecule has 0 N–H and O–H groups in total. The van der Waals surface area contributed by atoms with Crippen molar-refractivity contribution in [1.29, 1.82) is 0 Å². The smallest absolute Gasteiger partial charge is 0.319 e. The van der Waals surface area contributed by atoms with E-state index in [1.165, 1.54) is 7.11 Å². The summed E-state index contributed by atoms with van der Waals surface area (Å²) < 4.78 is 4.62. The molecule has 1 rings (SSSR count). The van der Waals surface area contributed by atoms with E-state index in [2.05, 4.69) is 16.6 Å². The Labute approximate surface area is 102 Å². The van der Waals surface area contributed by atoms with E-state index in [0.717, 1.165) is 12.1 Å². The first-order valence-electron chi connectivity index (χ1n) is 5.59. The second-order valence-corrected chi connectivity index (χ2v) is 3.55. The summed E-state index contributed by atoms with van der Waals surface area (Å²) in [4.78, 5) is 13.0. The highest BCUT2D eigenvalue weighted by Gasteiger charge is 2.06. The van der Waals surface area contributed by atoms with Gasteiger partial charge in [-0.2, -0.15) is 0 Å². The Morgan fingerprint density at radius 1 is 1.35 bits per heavy atom. The van der Waals surface area contributed by atoms with Crippen molar-refractivity contribution in [3.05, 3.63) is 35.9 Å². The molecule has 0 aliphatic carbocycles. The predicted molar refractivity (Wildman–Crippen MR) is 67.5 cm³/mol. The molecule has 0 aliphatic heterocycles. The van der Waals surface area contributed by atoms with Gasteiger partial charge in [-0.3, -0.25) is 9.69 Å². The Hall–Kier alpha value is -1.79. The maximum atomic E-state index is 11.1. The average Bonchev–Trinajstić information content (AvgIpc) is 2.38. The minimum absolute atomic E-state index is 0.228. The van der Waals surface area contributed by atoms with Gasteiger partial charge in [-0.1, -0.05) is 37.0 Å². The monoisotopic (exact) mass is 231 g/mol. The predicted octanol–water partition coefficient (Wildman–Crippen LogP) is 1.53. The van der Waals surface area contributed by atoms with Crippen LogP contribution in [-0.4, -0.2) is 37.6 Å². The second kappa shape index (κ2) is 7.48. The molecule has 3 heteroatoms. The van der Waals surface area contributed by atoms with E-state index < -0.39 is 0 Å². The van der Waals surface area contributed by atoms with E-state index in [4.69, 9.17) is 0 Å². The van der Waals surface area contributed by atoms with Gasteiger partial charge in [-0.25, -0.2) is 0 Å². The number of likely N-dealkylation sites (N-methyl/N-ethyl adjacent to an activating group) is 1. The third kappa shape index (κ3) is 5.19. The van der Waals surface area contributed by atoms with Crippen LogP contribution in [0, 0.1) is 11.8 Å². The Morgan fingerprint density at radius 3 is 2.65 bits per heavy atom. The zero-order valence-electron chi connectivity index (χ0n) is 10.3. The number of carbonyl (C=O) groups excluding carboxylic acids is 1. The normalized spacial score (nSPS) is 9.59. The minimum Gasteiger partial charge on any atom is -0.468 e. The number of hydrogen-bond acceptors (Lipinski definition) is 3. The van der Waals surface area contributed by atoms with Gasteiger partial charge in [0.25, 0.3) is 0 Å². The second-order valence-electron chi connectivity index (χ2n) is 3.55. The first-order chi connectivity index (χ1) is 8.26. The number of benzene rings is 1. The summed E-state index contributed by atoms with van der Waals surface area (Å²) in [5.41, 5.74) is 0.988. The number of methoxy groups -OCH3 is 1. The van der Waals surface area contributed by atoms with Crippen LogP contribution in [0.3, 0.4) is 0 Å². The Kier molecular flexibility index (Phi) is 5.84. The molecule has 1 aromatic rings.